The van der Waals surface area contributed by atoms with Crippen LogP contribution in [0, 0.1) is 0 Å². The van der Waals surface area contributed by atoms with Gasteiger partial charge in [0.25, 0.3) is 0 Å². The normalized spacial score (nSPS) is 10.0. The summed E-state index contributed by atoms with van der Waals surface area (Å²) in [6.45, 7) is 2.65. The number of benzene rings is 1. The highest BCUT2D eigenvalue weighted by atomic mass is 32.2. The van der Waals surface area contributed by atoms with Gasteiger partial charge in [-0.15, -0.1) is 0 Å². The highest BCUT2D eigenvalue weighted by Gasteiger charge is 2.14. The molecule has 0 aromatic heterocycles. The first-order chi connectivity index (χ1) is 8.19. The van der Waals surface area contributed by atoms with E-state index in [9.17, 15) is 4.79 Å². The largest absolute Gasteiger partial charge is 0.492 e. The third-order valence-electron chi connectivity index (χ3n) is 2.04. The number of carbonyl (C=O) groups excluding carboxylic acids is 1. The Hall–Kier alpha value is -1.36. The molecule has 94 valence electrons. The molecule has 1 rings (SSSR count). The van der Waals surface area contributed by atoms with Crippen LogP contribution < -0.4 is 10.5 Å². The maximum absolute atomic E-state index is 11.7. The summed E-state index contributed by atoms with van der Waals surface area (Å²) in [5.41, 5.74) is 6.55. The average molecular weight is 255 g/mol. The van der Waals surface area contributed by atoms with E-state index in [1.807, 2.05) is 6.26 Å². The molecule has 0 spiro atoms. The molecule has 0 fully saturated rings. The number of nitrogen functional groups attached to an aromatic ring is 1. The second-order valence-corrected chi connectivity index (χ2v) is 4.30. The minimum absolute atomic E-state index is 0.331. The van der Waals surface area contributed by atoms with Crippen LogP contribution in [-0.4, -0.2) is 31.2 Å². The molecule has 1 aromatic rings. The molecule has 4 nitrogen and oxygen atoms in total. The van der Waals surface area contributed by atoms with Crippen molar-refractivity contribution in [2.24, 2.45) is 0 Å². The third-order valence-corrected chi connectivity index (χ3v) is 2.62. The maximum Gasteiger partial charge on any atom is 0.341 e. The van der Waals surface area contributed by atoms with Crippen molar-refractivity contribution < 1.29 is 14.3 Å². The predicted octanol–water partition coefficient (Wildman–Crippen LogP) is 2.19. The van der Waals surface area contributed by atoms with Gasteiger partial charge in [0.1, 0.15) is 11.3 Å². The Bertz CT molecular complexity index is 382. The predicted molar refractivity (Wildman–Crippen MR) is 70.7 cm³/mol. The van der Waals surface area contributed by atoms with Crippen LogP contribution in [0.2, 0.25) is 0 Å². The van der Waals surface area contributed by atoms with Crippen LogP contribution >= 0.6 is 11.8 Å². The maximum atomic E-state index is 11.7. The topological polar surface area (TPSA) is 61.5 Å². The number of ether oxygens (including phenoxy) is 2. The van der Waals surface area contributed by atoms with E-state index < -0.39 is 5.97 Å². The molecule has 1 aromatic carbocycles. The van der Waals surface area contributed by atoms with E-state index in [0.717, 1.165) is 5.75 Å². The lowest BCUT2D eigenvalue weighted by atomic mass is 10.2. The summed E-state index contributed by atoms with van der Waals surface area (Å²) in [7, 11) is 0. The van der Waals surface area contributed by atoms with Gasteiger partial charge in [-0.2, -0.15) is 11.8 Å². The molecule has 0 amide bonds. The minimum atomic E-state index is -0.404. The fourth-order valence-corrected chi connectivity index (χ4v) is 1.53. The van der Waals surface area contributed by atoms with Gasteiger partial charge in [-0.05, 0) is 31.4 Å². The SMILES string of the molecule is CCOC(=O)c1cc(N)ccc1OCCSC. The molecule has 0 radical (unpaired) electrons. The van der Waals surface area contributed by atoms with Crippen molar-refractivity contribution in [1.29, 1.82) is 0 Å². The van der Waals surface area contributed by atoms with Gasteiger partial charge in [-0.1, -0.05) is 0 Å². The van der Waals surface area contributed by atoms with Crippen molar-refractivity contribution in [3.8, 4) is 5.75 Å². The van der Waals surface area contributed by atoms with Gasteiger partial charge in [0.15, 0.2) is 0 Å². The second kappa shape index (κ2) is 7.06. The van der Waals surface area contributed by atoms with Gasteiger partial charge in [0.05, 0.1) is 13.2 Å². The molecule has 0 aliphatic rings. The van der Waals surface area contributed by atoms with Gasteiger partial charge < -0.3 is 15.2 Å². The molecule has 0 saturated carbocycles. The van der Waals surface area contributed by atoms with Crippen LogP contribution in [0.3, 0.4) is 0 Å². The van der Waals surface area contributed by atoms with Gasteiger partial charge >= 0.3 is 5.97 Å². The van der Waals surface area contributed by atoms with Gasteiger partial charge in [-0.3, -0.25) is 0 Å². The Balaban J connectivity index is 2.83. The number of esters is 1. The minimum Gasteiger partial charge on any atom is -0.492 e. The van der Waals surface area contributed by atoms with E-state index in [4.69, 9.17) is 15.2 Å². The number of rotatable bonds is 6. The van der Waals surface area contributed by atoms with Crippen LogP contribution in [-0.2, 0) is 4.74 Å². The Kier molecular flexibility index (Phi) is 5.69. The smallest absolute Gasteiger partial charge is 0.341 e. The van der Waals surface area contributed by atoms with Crippen molar-refractivity contribution in [2.75, 3.05) is 31.0 Å². The van der Waals surface area contributed by atoms with Crippen molar-refractivity contribution in [1.82, 2.24) is 0 Å². The Morgan fingerprint density at radius 1 is 1.47 bits per heavy atom. The Labute approximate surface area is 105 Å². The number of hydrogen-bond donors (Lipinski definition) is 1. The molecule has 0 saturated heterocycles. The second-order valence-electron chi connectivity index (χ2n) is 3.32. The van der Waals surface area contributed by atoms with E-state index in [0.29, 0.717) is 30.2 Å². The fourth-order valence-electron chi connectivity index (χ4n) is 1.28. The molecule has 5 heteroatoms. The first kappa shape index (κ1) is 13.7. The number of nitrogens with two attached hydrogens (primary N) is 1. The summed E-state index contributed by atoms with van der Waals surface area (Å²) in [6, 6.07) is 4.98. The van der Waals surface area contributed by atoms with Gasteiger partial charge in [-0.25, -0.2) is 4.79 Å². The van der Waals surface area contributed by atoms with E-state index >= 15 is 0 Å². The number of anilines is 1. The molecule has 0 bridgehead atoms. The quantitative estimate of drug-likeness (QED) is 0.479. The molecule has 0 aliphatic heterocycles. The molecule has 0 heterocycles. The number of thioether (sulfide) groups is 1. The van der Waals surface area contributed by atoms with Gasteiger partial charge in [0, 0.05) is 11.4 Å². The van der Waals surface area contributed by atoms with Crippen LogP contribution in [0.1, 0.15) is 17.3 Å². The van der Waals surface area contributed by atoms with Crippen LogP contribution in [0.5, 0.6) is 5.75 Å². The summed E-state index contributed by atoms with van der Waals surface area (Å²) in [6.07, 6.45) is 2.00. The van der Waals surface area contributed by atoms with Crippen LogP contribution in [0.15, 0.2) is 18.2 Å². The summed E-state index contributed by atoms with van der Waals surface area (Å²) < 4.78 is 10.5. The lowest BCUT2D eigenvalue weighted by Gasteiger charge is -2.11. The molecule has 0 atom stereocenters. The van der Waals surface area contributed by atoms with Crippen molar-refractivity contribution in [2.45, 2.75) is 6.92 Å². The third kappa shape index (κ3) is 4.19. The van der Waals surface area contributed by atoms with Crippen molar-refractivity contribution in [3.05, 3.63) is 23.8 Å². The van der Waals surface area contributed by atoms with E-state index in [1.165, 1.54) is 0 Å². The summed E-state index contributed by atoms with van der Waals surface area (Å²) in [5, 5.41) is 0. The Morgan fingerprint density at radius 3 is 2.88 bits per heavy atom. The summed E-state index contributed by atoms with van der Waals surface area (Å²) in [5.74, 6) is 0.984. The van der Waals surface area contributed by atoms with Crippen molar-refractivity contribution in [3.63, 3.8) is 0 Å². The highest BCUT2D eigenvalue weighted by Crippen LogP contribution is 2.22. The van der Waals surface area contributed by atoms with Crippen LogP contribution in [0.25, 0.3) is 0 Å². The lowest BCUT2D eigenvalue weighted by molar-refractivity contribution is 0.0522. The molecule has 2 N–H and O–H groups in total. The first-order valence-corrected chi connectivity index (χ1v) is 6.76. The van der Waals surface area contributed by atoms with Crippen molar-refractivity contribution >= 4 is 23.4 Å². The number of hydrogen-bond acceptors (Lipinski definition) is 5. The lowest BCUT2D eigenvalue weighted by Crippen LogP contribution is -2.10. The van der Waals surface area contributed by atoms with Gasteiger partial charge in [0.2, 0.25) is 0 Å². The molecule has 0 unspecified atom stereocenters. The zero-order valence-electron chi connectivity index (χ0n) is 10.1. The van der Waals surface area contributed by atoms with Crippen LogP contribution in [0.4, 0.5) is 5.69 Å². The average Bonchev–Trinajstić information content (AvgIpc) is 2.31. The highest BCUT2D eigenvalue weighted by molar-refractivity contribution is 7.98. The standard InChI is InChI=1S/C12H17NO3S/c1-3-15-12(14)10-8-9(13)4-5-11(10)16-6-7-17-2/h4-5,8H,3,6-7,13H2,1-2H3. The summed E-state index contributed by atoms with van der Waals surface area (Å²) in [4.78, 5) is 11.7. The zero-order valence-corrected chi connectivity index (χ0v) is 10.9. The summed E-state index contributed by atoms with van der Waals surface area (Å²) >= 11 is 1.68. The molecule has 0 aliphatic carbocycles. The van der Waals surface area contributed by atoms with E-state index in [1.54, 1.807) is 36.9 Å². The monoisotopic (exact) mass is 255 g/mol. The zero-order chi connectivity index (χ0) is 12.7. The Morgan fingerprint density at radius 2 is 2.24 bits per heavy atom. The molecular formula is C12H17NO3S. The van der Waals surface area contributed by atoms with E-state index in [2.05, 4.69) is 0 Å². The first-order valence-electron chi connectivity index (χ1n) is 5.37. The molecule has 17 heavy (non-hydrogen) atoms. The fraction of sp³-hybridized carbons (Fsp3) is 0.417. The van der Waals surface area contributed by atoms with E-state index in [-0.39, 0.29) is 0 Å². The molecular weight excluding hydrogens is 238 g/mol. The number of carbonyl (C=O) groups is 1.